The number of carboxylic acid groups (broad SMARTS) is 1. The molecule has 4 aromatic rings. The maximum atomic E-state index is 13.0. The van der Waals surface area contributed by atoms with Crippen molar-refractivity contribution in [2.75, 3.05) is 54.1 Å². The second kappa shape index (κ2) is 26.9. The van der Waals surface area contributed by atoms with Crippen LogP contribution in [0.2, 0.25) is 20.1 Å². The fourth-order valence-corrected chi connectivity index (χ4v) is 8.95. The van der Waals surface area contributed by atoms with Gasteiger partial charge in [-0.25, -0.2) is 9.97 Å². The summed E-state index contributed by atoms with van der Waals surface area (Å²) < 4.78 is 4.99. The molecule has 0 aliphatic carbocycles. The molecule has 0 bridgehead atoms. The minimum absolute atomic E-state index is 0. The molecule has 8 N–H and O–H groups in total. The van der Waals surface area contributed by atoms with Crippen LogP contribution in [0.15, 0.2) is 73.1 Å². The average Bonchev–Trinajstić information content (AvgIpc) is 3.21. The molecule has 4 heterocycles. The van der Waals surface area contributed by atoms with Crippen molar-refractivity contribution < 1.29 is 58.8 Å². The van der Waals surface area contributed by atoms with Gasteiger partial charge in [0.05, 0.1) is 40.1 Å². The van der Waals surface area contributed by atoms with Crippen molar-refractivity contribution >= 4 is 93.2 Å². The Labute approximate surface area is 424 Å². The first-order chi connectivity index (χ1) is 30.3. The molecule has 2 aromatic heterocycles. The van der Waals surface area contributed by atoms with Crippen LogP contribution < -0.4 is 40.1 Å². The number of carbonyl (C=O) groups is 4. The van der Waals surface area contributed by atoms with Gasteiger partial charge in [0.2, 0.25) is 11.8 Å². The Bertz CT molecular complexity index is 2260. The molecule has 0 spiro atoms. The first-order valence-electron chi connectivity index (χ1n) is 21.2. The van der Waals surface area contributed by atoms with Crippen LogP contribution in [0.5, 0.6) is 0 Å². The number of carbonyl (C=O) groups excluding carboxylic acids is 3. The number of piperazine rings is 2. The van der Waals surface area contributed by atoms with Crippen LogP contribution >= 0.6 is 46.4 Å². The molecule has 6 rings (SSSR count). The summed E-state index contributed by atoms with van der Waals surface area (Å²) in [5, 5.41) is 11.3. The molecule has 2 aromatic carbocycles. The van der Waals surface area contributed by atoms with Crippen molar-refractivity contribution in [3.05, 3.63) is 104 Å². The normalized spacial score (nSPS) is 17.9. The fourth-order valence-electron chi connectivity index (χ4n) is 8.37. The smallest absolute Gasteiger partial charge is 0.870 e. The third-order valence-corrected chi connectivity index (χ3v) is 11.8. The van der Waals surface area contributed by atoms with E-state index in [-0.39, 0.29) is 72.9 Å². The number of aliphatic carboxylic acids is 1. The SMILES string of the molecule is CC(C)C[C@H]1CN(C(=O)CC(=O)O)C[C@@H](c2ccc(Cl)cc2)N1c1ncc(Cl)cc1N.CCOC(=O)CC(=O)N1C[C@H](CC(C)C)N(c2ncc(Cl)cc2N)[C@H](c2ccc(Cl)cc2)C1.O.[Li+].[OH-]. The van der Waals surface area contributed by atoms with E-state index in [2.05, 4.69) is 47.5 Å². The van der Waals surface area contributed by atoms with Crippen molar-refractivity contribution in [1.82, 2.24) is 19.8 Å². The number of hydrogen-bond acceptors (Lipinski definition) is 12. The fraction of sp³-hybridized carbons (Fsp3) is 0.435. The van der Waals surface area contributed by atoms with Crippen molar-refractivity contribution in [1.29, 1.82) is 0 Å². The maximum absolute atomic E-state index is 13.0. The minimum atomic E-state index is -1.14. The van der Waals surface area contributed by atoms with E-state index in [0.29, 0.717) is 81.1 Å². The number of ether oxygens (including phenoxy) is 1. The molecular formula is C46H59Cl4LiN8O8. The van der Waals surface area contributed by atoms with Gasteiger partial charge in [-0.1, -0.05) is 98.4 Å². The number of hydrogen-bond donors (Lipinski definition) is 3. The van der Waals surface area contributed by atoms with Gasteiger partial charge in [0, 0.05) is 60.7 Å². The third kappa shape index (κ3) is 16.0. The van der Waals surface area contributed by atoms with Gasteiger partial charge in [-0.3, -0.25) is 19.2 Å². The molecule has 2 aliphatic rings. The number of pyridine rings is 2. The van der Waals surface area contributed by atoms with E-state index >= 15 is 0 Å². The number of nitrogens with two attached hydrogens (primary N) is 2. The second-order valence-corrected chi connectivity index (χ2v) is 18.5. The van der Waals surface area contributed by atoms with Crippen molar-refractivity contribution in [3.8, 4) is 0 Å². The van der Waals surface area contributed by atoms with Crippen LogP contribution in [0.1, 0.15) is 83.5 Å². The number of esters is 1. The summed E-state index contributed by atoms with van der Waals surface area (Å²) in [7, 11) is 0. The number of nitrogens with zero attached hydrogens (tertiary/aromatic N) is 6. The Morgan fingerprint density at radius 1 is 0.672 bits per heavy atom. The molecule has 2 aliphatic heterocycles. The Kier molecular flexibility index (Phi) is 23.5. The zero-order chi connectivity index (χ0) is 46.8. The number of halogens is 4. The van der Waals surface area contributed by atoms with Gasteiger partial charge in [-0.15, -0.1) is 0 Å². The number of rotatable bonds is 13. The molecule has 67 heavy (non-hydrogen) atoms. The predicted molar refractivity (Wildman–Crippen MR) is 259 cm³/mol. The molecule has 0 unspecified atom stereocenters. The first kappa shape index (κ1) is 58.6. The van der Waals surface area contributed by atoms with Crippen molar-refractivity contribution in [2.24, 2.45) is 11.8 Å². The van der Waals surface area contributed by atoms with Crippen LogP contribution in [0, 0.1) is 11.8 Å². The average molecular weight is 1000 g/mol. The second-order valence-electron chi connectivity index (χ2n) is 16.8. The molecular weight excluding hydrogens is 941 g/mol. The largest absolute Gasteiger partial charge is 1.00 e. The molecule has 0 saturated carbocycles. The Morgan fingerprint density at radius 3 is 1.37 bits per heavy atom. The van der Waals surface area contributed by atoms with E-state index in [9.17, 15) is 19.2 Å². The minimum Gasteiger partial charge on any atom is -0.870 e. The molecule has 2 amide bonds. The van der Waals surface area contributed by atoms with Gasteiger partial charge in [0.1, 0.15) is 12.8 Å². The summed E-state index contributed by atoms with van der Waals surface area (Å²) in [6, 6.07) is 17.6. The van der Waals surface area contributed by atoms with Crippen molar-refractivity contribution in [2.45, 2.75) is 84.5 Å². The van der Waals surface area contributed by atoms with Crippen LogP contribution in [-0.4, -0.2) is 104 Å². The van der Waals surface area contributed by atoms with Gasteiger partial charge < -0.3 is 51.9 Å². The van der Waals surface area contributed by atoms with E-state index in [1.54, 1.807) is 53.4 Å². The quantitative estimate of drug-likeness (QED) is 0.0910. The van der Waals surface area contributed by atoms with E-state index in [0.717, 1.165) is 24.0 Å². The molecule has 2 fully saturated rings. The zero-order valence-corrected chi connectivity index (χ0v) is 41.6. The monoisotopic (exact) mass is 998 g/mol. The van der Waals surface area contributed by atoms with E-state index in [1.807, 2.05) is 36.4 Å². The molecule has 4 atom stereocenters. The predicted octanol–water partition coefficient (Wildman–Crippen LogP) is 4.98. The van der Waals surface area contributed by atoms with Gasteiger partial charge in [-0.2, -0.15) is 0 Å². The summed E-state index contributed by atoms with van der Waals surface area (Å²) in [6.45, 7) is 12.0. The maximum Gasteiger partial charge on any atom is 1.00 e. The number of anilines is 4. The van der Waals surface area contributed by atoms with Crippen LogP contribution in [0.25, 0.3) is 0 Å². The number of aromatic nitrogens is 2. The van der Waals surface area contributed by atoms with Crippen LogP contribution in [0.4, 0.5) is 23.0 Å². The zero-order valence-electron chi connectivity index (χ0n) is 38.5. The van der Waals surface area contributed by atoms with Gasteiger partial charge in [0.15, 0.2) is 11.6 Å². The Balaban J connectivity index is 0.000000441. The van der Waals surface area contributed by atoms with Crippen LogP contribution in [0.3, 0.4) is 0 Å². The van der Waals surface area contributed by atoms with E-state index < -0.39 is 24.3 Å². The van der Waals surface area contributed by atoms with Gasteiger partial charge >= 0.3 is 30.8 Å². The number of nitrogen functional groups attached to an aromatic ring is 2. The topological polar surface area (TPSA) is 250 Å². The summed E-state index contributed by atoms with van der Waals surface area (Å²) in [6.07, 6.45) is 3.89. The summed E-state index contributed by atoms with van der Waals surface area (Å²) in [5.41, 5.74) is 15.5. The standard InChI is InChI=1S/C24H30Cl2N4O3.C22H26Cl2N4O3.Li.2H2O/c1-4-33-23(32)11-22(31)29-13-19(9-15(2)3)30(24-20(27)10-18(26)12-28-24)21(14-29)16-5-7-17(25)8-6-16;1-13(2)7-17-11-27(20(29)9-21(30)31)12-19(14-3-5-15(23)6-4-14)28(17)22-18(25)8-16(24)10-26-22;;;/h5-8,10,12,15,19,21H,4,9,11,13-14,27H2,1-3H3;3-6,8,10,13,17,19H,7,9,11-12,25H2,1-2H3,(H,30,31);;2*1H2/q;;+1;;/p-1/t19-,21-;17-,19-;;;/m00.../s1. The van der Waals surface area contributed by atoms with Gasteiger partial charge in [0.25, 0.3) is 0 Å². The third-order valence-electron chi connectivity index (χ3n) is 10.9. The molecule has 16 nitrogen and oxygen atoms in total. The summed E-state index contributed by atoms with van der Waals surface area (Å²) in [4.78, 5) is 65.6. The van der Waals surface area contributed by atoms with E-state index in [4.69, 9.17) is 67.7 Å². The number of benzene rings is 2. The molecule has 0 radical (unpaired) electrons. The summed E-state index contributed by atoms with van der Waals surface area (Å²) >= 11 is 24.4. The number of amides is 2. The first-order valence-corrected chi connectivity index (χ1v) is 22.7. The number of carboxylic acids is 1. The summed E-state index contributed by atoms with van der Waals surface area (Å²) in [5.74, 6) is -0.396. The van der Waals surface area contributed by atoms with Crippen LogP contribution in [-0.2, 0) is 23.9 Å². The molecule has 21 heteroatoms. The molecule has 360 valence electrons. The van der Waals surface area contributed by atoms with E-state index in [1.165, 1.54) is 0 Å². The Morgan fingerprint density at radius 2 is 1.04 bits per heavy atom. The molecule has 2 saturated heterocycles. The van der Waals surface area contributed by atoms with Gasteiger partial charge in [-0.05, 0) is 79.1 Å². The Hall–Kier alpha value is -4.50. The van der Waals surface area contributed by atoms with Crippen molar-refractivity contribution in [3.63, 3.8) is 0 Å².